The summed E-state index contributed by atoms with van der Waals surface area (Å²) in [5.74, 6) is 0.746. The molecule has 0 aromatic heterocycles. The van der Waals surface area contributed by atoms with Crippen LogP contribution in [0.5, 0.6) is 11.5 Å². The molecular weight excluding hydrogens is 392 g/mol. The lowest BCUT2D eigenvalue weighted by Crippen LogP contribution is -2.40. The van der Waals surface area contributed by atoms with Gasteiger partial charge in [-0.15, -0.1) is 0 Å². The Bertz CT molecular complexity index is 1060. The van der Waals surface area contributed by atoms with Gasteiger partial charge in [0.25, 0.3) is 5.91 Å². The minimum Gasteiger partial charge on any atom is -0.755 e. The van der Waals surface area contributed by atoms with Crippen LogP contribution in [0.25, 0.3) is 10.8 Å². The number of carbonyl (C=O) groups excluding carboxylic acids is 1. The fourth-order valence-corrected chi connectivity index (χ4v) is 3.61. The van der Waals surface area contributed by atoms with E-state index in [9.17, 15) is 13.6 Å². The lowest BCUT2D eigenvalue weighted by molar-refractivity contribution is 0.0301. The van der Waals surface area contributed by atoms with E-state index < -0.39 is 11.3 Å². The van der Waals surface area contributed by atoms with Crippen LogP contribution in [0.3, 0.4) is 0 Å². The maximum atomic E-state index is 13.1. The number of nitrogens with zero attached hydrogens (tertiary/aromatic N) is 1. The van der Waals surface area contributed by atoms with Crippen molar-refractivity contribution in [2.24, 2.45) is 0 Å². The first-order valence-corrected chi connectivity index (χ1v) is 10.2. The average molecular weight is 411 g/mol. The minimum atomic E-state index is -2.49. The lowest BCUT2D eigenvalue weighted by atomic mass is 10.1. The van der Waals surface area contributed by atoms with Gasteiger partial charge in [0.15, 0.2) is 0 Å². The van der Waals surface area contributed by atoms with Crippen LogP contribution in [-0.2, 0) is 16.0 Å². The zero-order chi connectivity index (χ0) is 20.2. The Kier molecular flexibility index (Phi) is 5.75. The van der Waals surface area contributed by atoms with Gasteiger partial charge in [0.1, 0.15) is 11.5 Å². The molecule has 3 aromatic rings. The molecule has 4 rings (SSSR count). The lowest BCUT2D eigenvalue weighted by Gasteiger charge is -2.27. The third kappa shape index (κ3) is 4.40. The average Bonchev–Trinajstić information content (AvgIpc) is 2.75. The van der Waals surface area contributed by atoms with E-state index >= 15 is 0 Å². The van der Waals surface area contributed by atoms with Gasteiger partial charge in [0.05, 0.1) is 18.8 Å². The van der Waals surface area contributed by atoms with Crippen molar-refractivity contribution in [1.82, 2.24) is 4.90 Å². The quantitative estimate of drug-likeness (QED) is 0.651. The first kappa shape index (κ1) is 19.4. The molecule has 8 heteroatoms. The number of hydrogen-bond acceptors (Lipinski definition) is 5. The van der Waals surface area contributed by atoms with Crippen molar-refractivity contribution in [3.05, 3.63) is 66.2 Å². The van der Waals surface area contributed by atoms with Crippen molar-refractivity contribution in [1.29, 1.82) is 0 Å². The van der Waals surface area contributed by atoms with Crippen molar-refractivity contribution < 1.29 is 23.0 Å². The molecule has 1 amide bonds. The Balaban J connectivity index is 1.73. The van der Waals surface area contributed by atoms with E-state index in [1.165, 1.54) is 6.07 Å². The molecule has 0 saturated carbocycles. The summed E-state index contributed by atoms with van der Waals surface area (Å²) in [6.45, 7) is 1.87. The zero-order valence-electron chi connectivity index (χ0n) is 15.5. The Morgan fingerprint density at radius 2 is 1.79 bits per heavy atom. The molecule has 1 N–H and O–H groups in total. The number of rotatable bonds is 5. The molecule has 1 saturated heterocycles. The highest BCUT2D eigenvalue weighted by Gasteiger charge is 2.23. The van der Waals surface area contributed by atoms with Crippen molar-refractivity contribution in [2.75, 3.05) is 31.0 Å². The van der Waals surface area contributed by atoms with Crippen LogP contribution < -0.4 is 9.46 Å². The summed E-state index contributed by atoms with van der Waals surface area (Å²) in [4.78, 5) is 14.8. The predicted octanol–water partition coefficient (Wildman–Crippen LogP) is 3.31. The number of morpholine rings is 1. The van der Waals surface area contributed by atoms with Crippen molar-refractivity contribution in [3.63, 3.8) is 0 Å². The summed E-state index contributed by atoms with van der Waals surface area (Å²) in [6, 6.07) is 18.2. The summed E-state index contributed by atoms with van der Waals surface area (Å²) in [5, 5.41) is 1.94. The van der Waals surface area contributed by atoms with Gasteiger partial charge >= 0.3 is 0 Å². The van der Waals surface area contributed by atoms with Gasteiger partial charge in [0.2, 0.25) is 0 Å². The zero-order valence-corrected chi connectivity index (χ0v) is 16.3. The monoisotopic (exact) mass is 411 g/mol. The number of fused-ring (bicyclic) bond motifs is 1. The molecule has 0 bridgehead atoms. The second-order valence-corrected chi connectivity index (χ2v) is 7.21. The Morgan fingerprint density at radius 3 is 2.59 bits per heavy atom. The number of carbonyl (C=O) groups is 1. The second kappa shape index (κ2) is 8.60. The van der Waals surface area contributed by atoms with Gasteiger partial charge in [-0.3, -0.25) is 9.00 Å². The SMILES string of the molecule is O=C(c1cc(NS(=O)[O-])ccc1Oc1cccc2ccccc12)N1CCOCC1. The van der Waals surface area contributed by atoms with Gasteiger partial charge in [-0.1, -0.05) is 36.4 Å². The van der Waals surface area contributed by atoms with Crippen molar-refractivity contribution in [3.8, 4) is 11.5 Å². The van der Waals surface area contributed by atoms with Crippen LogP contribution in [0.1, 0.15) is 10.4 Å². The fourth-order valence-electron chi connectivity index (χ4n) is 3.29. The van der Waals surface area contributed by atoms with Crippen LogP contribution in [0.4, 0.5) is 5.69 Å². The standard InChI is InChI=1S/C21H20N2O5S/c24-21(23-10-12-27-13-11-23)18-14-16(22-29(25)26)8-9-20(18)28-19-7-3-5-15-4-1-2-6-17(15)19/h1-9,14,22H,10-13H2,(H,25,26)/p-1. The Morgan fingerprint density at radius 1 is 1.03 bits per heavy atom. The van der Waals surface area contributed by atoms with Gasteiger partial charge < -0.3 is 23.6 Å². The molecule has 0 aliphatic carbocycles. The van der Waals surface area contributed by atoms with E-state index in [0.717, 1.165) is 10.8 Å². The third-order valence-corrected chi connectivity index (χ3v) is 5.08. The molecule has 29 heavy (non-hydrogen) atoms. The van der Waals surface area contributed by atoms with Gasteiger partial charge in [-0.25, -0.2) is 0 Å². The molecule has 1 fully saturated rings. The molecule has 3 aromatic carbocycles. The summed E-state index contributed by atoms with van der Waals surface area (Å²) >= 11 is -2.49. The first-order valence-electron chi connectivity index (χ1n) is 9.14. The second-order valence-electron chi connectivity index (χ2n) is 6.53. The van der Waals surface area contributed by atoms with E-state index in [1.807, 2.05) is 42.5 Å². The van der Waals surface area contributed by atoms with Crippen molar-refractivity contribution >= 4 is 33.6 Å². The van der Waals surface area contributed by atoms with E-state index in [0.29, 0.717) is 43.5 Å². The highest BCUT2D eigenvalue weighted by molar-refractivity contribution is 7.80. The van der Waals surface area contributed by atoms with Crippen LogP contribution in [0, 0.1) is 0 Å². The van der Waals surface area contributed by atoms with E-state index in [-0.39, 0.29) is 11.5 Å². The maximum Gasteiger partial charge on any atom is 0.257 e. The fraction of sp³-hybridized carbons (Fsp3) is 0.190. The van der Waals surface area contributed by atoms with Crippen molar-refractivity contribution in [2.45, 2.75) is 0 Å². The molecule has 7 nitrogen and oxygen atoms in total. The summed E-state index contributed by atoms with van der Waals surface area (Å²) < 4.78 is 35.8. The van der Waals surface area contributed by atoms with E-state index in [4.69, 9.17) is 9.47 Å². The first-order chi connectivity index (χ1) is 14.1. The summed E-state index contributed by atoms with van der Waals surface area (Å²) in [7, 11) is 0. The van der Waals surface area contributed by atoms with Crippen LogP contribution in [0.15, 0.2) is 60.7 Å². The highest BCUT2D eigenvalue weighted by atomic mass is 32.2. The maximum absolute atomic E-state index is 13.1. The molecule has 1 aliphatic heterocycles. The number of benzene rings is 3. The topological polar surface area (TPSA) is 90.9 Å². The minimum absolute atomic E-state index is 0.233. The molecule has 0 spiro atoms. The Hall–Kier alpha value is -2.94. The van der Waals surface area contributed by atoms with Gasteiger partial charge in [0, 0.05) is 35.4 Å². The van der Waals surface area contributed by atoms with E-state index in [1.54, 1.807) is 17.0 Å². The summed E-state index contributed by atoms with van der Waals surface area (Å²) in [5.41, 5.74) is 0.579. The molecule has 0 radical (unpaired) electrons. The largest absolute Gasteiger partial charge is 0.755 e. The number of hydrogen-bond donors (Lipinski definition) is 1. The molecule has 1 unspecified atom stereocenters. The molecule has 1 aliphatic rings. The van der Waals surface area contributed by atoms with Gasteiger partial charge in [-0.2, -0.15) is 0 Å². The highest BCUT2D eigenvalue weighted by Crippen LogP contribution is 2.33. The molecular formula is C21H19N2O5S-. The predicted molar refractivity (Wildman–Crippen MR) is 110 cm³/mol. The number of amides is 1. The molecule has 150 valence electrons. The third-order valence-electron chi connectivity index (χ3n) is 4.68. The van der Waals surface area contributed by atoms with E-state index in [2.05, 4.69) is 4.72 Å². The Labute approximate surface area is 170 Å². The molecule has 1 atom stereocenters. The van der Waals surface area contributed by atoms with Crippen LogP contribution in [0.2, 0.25) is 0 Å². The molecule has 1 heterocycles. The number of nitrogens with one attached hydrogen (secondary N) is 1. The number of anilines is 1. The van der Waals surface area contributed by atoms with Crippen LogP contribution in [-0.4, -0.2) is 45.9 Å². The number of ether oxygens (including phenoxy) is 2. The normalized spacial score (nSPS) is 15.1. The smallest absolute Gasteiger partial charge is 0.257 e. The van der Waals surface area contributed by atoms with Gasteiger partial charge in [-0.05, 0) is 29.7 Å². The van der Waals surface area contributed by atoms with Crippen LogP contribution >= 0.6 is 0 Å². The summed E-state index contributed by atoms with van der Waals surface area (Å²) in [6.07, 6.45) is 0.